The van der Waals surface area contributed by atoms with Crippen LogP contribution in [-0.4, -0.2) is 35.5 Å². The van der Waals surface area contributed by atoms with E-state index >= 15 is 0 Å². The summed E-state index contributed by atoms with van der Waals surface area (Å²) in [6, 6.07) is 5.62. The summed E-state index contributed by atoms with van der Waals surface area (Å²) in [5.74, 6) is 1.62. The van der Waals surface area contributed by atoms with Gasteiger partial charge >= 0.3 is 11.9 Å². The Bertz CT molecular complexity index is 726. The Kier molecular flexibility index (Phi) is 2.94. The zero-order valence-corrected chi connectivity index (χ0v) is 11.2. The molecule has 0 spiro atoms. The van der Waals surface area contributed by atoms with Crippen LogP contribution in [0.4, 0.5) is 5.95 Å². The van der Waals surface area contributed by atoms with Crippen LogP contribution in [0.25, 0.3) is 10.9 Å². The number of guanidine groups is 1. The molecule has 0 saturated carbocycles. The molecule has 0 bridgehead atoms. The number of anilines is 1. The minimum atomic E-state index is -0.0882. The minimum Gasteiger partial charge on any atom is -0.497 e. The van der Waals surface area contributed by atoms with E-state index in [-0.39, 0.29) is 12.5 Å². The highest BCUT2D eigenvalue weighted by Gasteiger charge is 2.21. The number of aryl methyl sites for hydroxylation is 1. The largest absolute Gasteiger partial charge is 0.497 e. The summed E-state index contributed by atoms with van der Waals surface area (Å²) >= 11 is 0. The van der Waals surface area contributed by atoms with Crippen LogP contribution in [0.2, 0.25) is 0 Å². The molecule has 7 nitrogen and oxygen atoms in total. The quantitative estimate of drug-likeness (QED) is 0.647. The molecule has 102 valence electrons. The van der Waals surface area contributed by atoms with Gasteiger partial charge in [-0.15, -0.1) is 0 Å². The second-order valence-electron chi connectivity index (χ2n) is 4.42. The highest BCUT2D eigenvalue weighted by atomic mass is 16.5. The monoisotopic (exact) mass is 272 g/mol. The number of hydrogen-bond acceptors (Lipinski definition) is 5. The normalized spacial score (nSPS) is 14.1. The van der Waals surface area contributed by atoms with E-state index < -0.39 is 0 Å². The summed E-state index contributed by atoms with van der Waals surface area (Å²) in [6.45, 7) is 2.16. The van der Waals surface area contributed by atoms with Gasteiger partial charge in [-0.25, -0.2) is 15.6 Å². The Morgan fingerprint density at radius 1 is 1.40 bits per heavy atom. The van der Waals surface area contributed by atoms with E-state index in [9.17, 15) is 4.79 Å². The minimum absolute atomic E-state index is 0.0882. The molecule has 20 heavy (non-hydrogen) atoms. The van der Waals surface area contributed by atoms with Gasteiger partial charge in [-0.05, 0) is 25.1 Å². The molecular weight excluding hydrogens is 258 g/mol. The summed E-state index contributed by atoms with van der Waals surface area (Å²) in [5.41, 5.74) is 1.65. The number of amides is 1. The van der Waals surface area contributed by atoms with Gasteiger partial charge in [0.15, 0.2) is 6.54 Å². The van der Waals surface area contributed by atoms with Crippen molar-refractivity contribution in [2.75, 3.05) is 19.0 Å². The van der Waals surface area contributed by atoms with Crippen LogP contribution in [0.3, 0.4) is 0 Å². The van der Waals surface area contributed by atoms with Crippen molar-refractivity contribution in [3.8, 4) is 5.75 Å². The van der Waals surface area contributed by atoms with Crippen molar-refractivity contribution in [2.45, 2.75) is 6.92 Å². The molecule has 3 N–H and O–H groups in total. The number of aromatic nitrogens is 2. The summed E-state index contributed by atoms with van der Waals surface area (Å²) in [7, 11) is 1.62. The van der Waals surface area contributed by atoms with Gasteiger partial charge in [-0.3, -0.25) is 9.79 Å². The molecule has 0 saturated heterocycles. The Morgan fingerprint density at radius 2 is 2.25 bits per heavy atom. The molecule has 1 aromatic heterocycles. The molecule has 0 radical (unpaired) electrons. The fourth-order valence-electron chi connectivity index (χ4n) is 2.03. The van der Waals surface area contributed by atoms with Crippen LogP contribution in [-0.2, 0) is 4.79 Å². The third-order valence-electron chi connectivity index (χ3n) is 3.02. The Labute approximate surface area is 115 Å². The van der Waals surface area contributed by atoms with Gasteiger partial charge in [-0.1, -0.05) is 0 Å². The first-order valence-corrected chi connectivity index (χ1v) is 6.16. The number of hydrogen-bond donors (Lipinski definition) is 3. The Morgan fingerprint density at radius 3 is 2.95 bits per heavy atom. The topological polar surface area (TPSA) is 90.1 Å². The zero-order chi connectivity index (χ0) is 14.1. The van der Waals surface area contributed by atoms with E-state index in [1.54, 1.807) is 7.11 Å². The van der Waals surface area contributed by atoms with Gasteiger partial charge in [0.05, 0.1) is 18.3 Å². The molecule has 1 aliphatic heterocycles. The number of benzene rings is 1. The first kappa shape index (κ1) is 12.3. The lowest BCUT2D eigenvalue weighted by atomic mass is 10.2. The lowest BCUT2D eigenvalue weighted by Gasteiger charge is -2.06. The third-order valence-corrected chi connectivity index (χ3v) is 3.02. The zero-order valence-electron chi connectivity index (χ0n) is 11.2. The number of carbonyl (C=O) groups excluding carboxylic acids is 1. The van der Waals surface area contributed by atoms with Gasteiger partial charge in [0.25, 0.3) is 5.95 Å². The van der Waals surface area contributed by atoms with Crippen LogP contribution >= 0.6 is 0 Å². The van der Waals surface area contributed by atoms with E-state index in [1.165, 1.54) is 0 Å². The van der Waals surface area contributed by atoms with Crippen molar-refractivity contribution in [3.05, 3.63) is 23.9 Å². The average Bonchev–Trinajstić information content (AvgIpc) is 2.84. The summed E-state index contributed by atoms with van der Waals surface area (Å²) in [6.07, 6.45) is 0. The molecule has 0 fully saturated rings. The number of nitrogens with zero attached hydrogens (tertiary/aromatic N) is 2. The lowest BCUT2D eigenvalue weighted by molar-refractivity contribution is -0.437. The maximum Gasteiger partial charge on any atom is 0.358 e. The summed E-state index contributed by atoms with van der Waals surface area (Å²) in [5, 5.41) is 6.53. The van der Waals surface area contributed by atoms with E-state index in [0.29, 0.717) is 11.9 Å². The number of methoxy groups -OCH3 is 1. The van der Waals surface area contributed by atoms with E-state index in [1.807, 2.05) is 25.1 Å². The van der Waals surface area contributed by atoms with Gasteiger partial charge in [-0.2, -0.15) is 4.98 Å². The SMILES string of the molecule is COc1ccc2nc(NC3=[NH+]CC(=O)N3)nc(C)c2c1. The predicted molar refractivity (Wildman–Crippen MR) is 73.4 cm³/mol. The van der Waals surface area contributed by atoms with E-state index in [4.69, 9.17) is 4.74 Å². The summed E-state index contributed by atoms with van der Waals surface area (Å²) < 4.78 is 5.19. The maximum absolute atomic E-state index is 11.1. The molecule has 2 aromatic rings. The third kappa shape index (κ3) is 2.25. The number of ether oxygens (including phenoxy) is 1. The molecule has 1 aromatic carbocycles. The van der Waals surface area contributed by atoms with Crippen molar-refractivity contribution in [1.82, 2.24) is 15.3 Å². The van der Waals surface area contributed by atoms with Crippen molar-refractivity contribution in [2.24, 2.45) is 0 Å². The number of carbonyl (C=O) groups is 1. The number of nitrogens with one attached hydrogen (secondary N) is 3. The smallest absolute Gasteiger partial charge is 0.358 e. The first-order valence-electron chi connectivity index (χ1n) is 6.16. The number of fused-ring (bicyclic) bond motifs is 1. The fraction of sp³-hybridized carbons (Fsp3) is 0.231. The molecular formula is C13H14N5O2+. The molecule has 0 atom stereocenters. The highest BCUT2D eigenvalue weighted by Crippen LogP contribution is 2.22. The van der Waals surface area contributed by atoms with Crippen molar-refractivity contribution >= 4 is 28.7 Å². The van der Waals surface area contributed by atoms with E-state index in [2.05, 4.69) is 25.6 Å². The lowest BCUT2D eigenvalue weighted by Crippen LogP contribution is -2.72. The predicted octanol–water partition coefficient (Wildman–Crippen LogP) is -1.07. The molecule has 1 amide bonds. The molecule has 0 unspecified atom stereocenters. The van der Waals surface area contributed by atoms with Crippen LogP contribution in [0.5, 0.6) is 5.75 Å². The van der Waals surface area contributed by atoms with Crippen molar-refractivity contribution in [1.29, 1.82) is 0 Å². The van der Waals surface area contributed by atoms with Gasteiger partial charge in [0, 0.05) is 5.39 Å². The van der Waals surface area contributed by atoms with Gasteiger partial charge in [0.2, 0.25) is 0 Å². The van der Waals surface area contributed by atoms with Gasteiger partial charge < -0.3 is 4.74 Å². The Hall–Kier alpha value is -2.70. The number of rotatable bonds is 2. The standard InChI is InChI=1S/C13H13N5O2/c1-7-9-5-8(20-2)3-4-10(9)16-13(15-7)18-12-14-6-11(19)17-12/h3-5H,6H2,1-2H3,(H2,14,15,16,17,18,19)/p+1. The van der Waals surface area contributed by atoms with Crippen molar-refractivity contribution in [3.63, 3.8) is 0 Å². The maximum atomic E-state index is 11.1. The molecule has 1 aliphatic rings. The highest BCUT2D eigenvalue weighted by molar-refractivity contribution is 6.03. The average molecular weight is 272 g/mol. The molecule has 3 rings (SSSR count). The van der Waals surface area contributed by atoms with Crippen molar-refractivity contribution < 1.29 is 14.5 Å². The van der Waals surface area contributed by atoms with Gasteiger partial charge in [0.1, 0.15) is 5.75 Å². The molecule has 2 heterocycles. The fourth-order valence-corrected chi connectivity index (χ4v) is 2.03. The van der Waals surface area contributed by atoms with Crippen LogP contribution in [0, 0.1) is 6.92 Å². The second kappa shape index (κ2) is 4.76. The summed E-state index contributed by atoms with van der Waals surface area (Å²) in [4.78, 5) is 22.8. The Balaban J connectivity index is 1.95. The second-order valence-corrected chi connectivity index (χ2v) is 4.42. The van der Waals surface area contributed by atoms with Crippen LogP contribution < -0.4 is 20.4 Å². The first-order chi connectivity index (χ1) is 9.65. The van der Waals surface area contributed by atoms with E-state index in [0.717, 1.165) is 22.3 Å². The van der Waals surface area contributed by atoms with Crippen LogP contribution in [0.15, 0.2) is 18.2 Å². The van der Waals surface area contributed by atoms with Crippen LogP contribution in [0.1, 0.15) is 5.69 Å². The molecule has 7 heteroatoms. The molecule has 0 aliphatic carbocycles.